The van der Waals surface area contributed by atoms with Gasteiger partial charge in [-0.25, -0.2) is 9.07 Å². The normalized spacial score (nSPS) is 14.4. The SMILES string of the molecule is C=CCC[C@H](O)CN(Cc1c(-c2ccccc2)nn(C)c1Oc1cccc(F)c1)CC1CC1. The van der Waals surface area contributed by atoms with Crippen LogP contribution >= 0.6 is 0 Å². The number of benzene rings is 2. The summed E-state index contributed by atoms with van der Waals surface area (Å²) in [5.74, 6) is 1.33. The van der Waals surface area contributed by atoms with Gasteiger partial charge in [0.25, 0.3) is 0 Å². The smallest absolute Gasteiger partial charge is 0.222 e. The molecule has 4 rings (SSSR count). The Balaban J connectivity index is 1.67. The third-order valence-electron chi connectivity index (χ3n) is 5.91. The molecule has 1 aliphatic carbocycles. The van der Waals surface area contributed by atoms with Crippen molar-refractivity contribution in [2.75, 3.05) is 13.1 Å². The summed E-state index contributed by atoms with van der Waals surface area (Å²) in [6.07, 6.45) is 5.35. The zero-order chi connectivity index (χ0) is 23.2. The van der Waals surface area contributed by atoms with Gasteiger partial charge in [-0.05, 0) is 43.7 Å². The average Bonchev–Trinajstić information content (AvgIpc) is 3.57. The second-order valence-electron chi connectivity index (χ2n) is 8.84. The van der Waals surface area contributed by atoms with E-state index >= 15 is 0 Å². The Hall–Kier alpha value is -2.96. The fourth-order valence-electron chi connectivity index (χ4n) is 4.09. The standard InChI is InChI=1S/C27H32FN3O2/c1-3-4-12-23(32)18-31(17-20-14-15-20)19-25-26(21-9-6-5-7-10-21)29-30(2)27(25)33-24-13-8-11-22(28)16-24/h3,5-11,13,16,20,23,32H,1,4,12,14-15,17-19H2,2H3/t23-/m0/s1. The van der Waals surface area contributed by atoms with E-state index in [1.165, 1.54) is 25.0 Å². The van der Waals surface area contributed by atoms with E-state index in [9.17, 15) is 9.50 Å². The summed E-state index contributed by atoms with van der Waals surface area (Å²) >= 11 is 0. The predicted octanol–water partition coefficient (Wildman–Crippen LogP) is 5.56. The molecule has 1 aliphatic rings. The number of allylic oxidation sites excluding steroid dienone is 1. The molecule has 1 N–H and O–H groups in total. The first-order chi connectivity index (χ1) is 16.0. The number of rotatable bonds is 12. The summed E-state index contributed by atoms with van der Waals surface area (Å²) in [4.78, 5) is 2.30. The van der Waals surface area contributed by atoms with E-state index in [-0.39, 0.29) is 5.82 Å². The third kappa shape index (κ3) is 6.30. The van der Waals surface area contributed by atoms with Crippen molar-refractivity contribution in [2.24, 2.45) is 13.0 Å². The molecule has 0 saturated heterocycles. The third-order valence-corrected chi connectivity index (χ3v) is 5.91. The number of ether oxygens (including phenoxy) is 1. The molecule has 0 amide bonds. The lowest BCUT2D eigenvalue weighted by atomic mass is 10.1. The zero-order valence-corrected chi connectivity index (χ0v) is 19.2. The molecular formula is C27H32FN3O2. The first-order valence-electron chi connectivity index (χ1n) is 11.6. The molecule has 174 valence electrons. The van der Waals surface area contributed by atoms with Crippen LogP contribution in [-0.4, -0.2) is 39.0 Å². The van der Waals surface area contributed by atoms with Crippen molar-refractivity contribution in [3.63, 3.8) is 0 Å². The van der Waals surface area contributed by atoms with Gasteiger partial charge in [-0.15, -0.1) is 6.58 Å². The molecule has 0 radical (unpaired) electrons. The van der Waals surface area contributed by atoms with Gasteiger partial charge in [0, 0.05) is 38.3 Å². The van der Waals surface area contributed by atoms with Crippen LogP contribution in [0.4, 0.5) is 4.39 Å². The van der Waals surface area contributed by atoms with Crippen molar-refractivity contribution >= 4 is 0 Å². The second kappa shape index (κ2) is 10.8. The number of aliphatic hydroxyl groups excluding tert-OH is 1. The number of hydrogen-bond donors (Lipinski definition) is 1. The summed E-state index contributed by atoms with van der Waals surface area (Å²) in [5, 5.41) is 15.4. The highest BCUT2D eigenvalue weighted by Gasteiger charge is 2.28. The number of hydrogen-bond acceptors (Lipinski definition) is 4. The van der Waals surface area contributed by atoms with Crippen molar-refractivity contribution in [1.82, 2.24) is 14.7 Å². The highest BCUT2D eigenvalue weighted by atomic mass is 19.1. The quantitative estimate of drug-likeness (QED) is 0.368. The van der Waals surface area contributed by atoms with Crippen LogP contribution < -0.4 is 4.74 Å². The van der Waals surface area contributed by atoms with Crippen LogP contribution in [0.3, 0.4) is 0 Å². The van der Waals surface area contributed by atoms with Gasteiger partial charge in [0.15, 0.2) is 0 Å². The molecule has 0 bridgehead atoms. The van der Waals surface area contributed by atoms with Gasteiger partial charge in [-0.1, -0.05) is 42.5 Å². The van der Waals surface area contributed by atoms with Crippen LogP contribution in [0.5, 0.6) is 11.6 Å². The topological polar surface area (TPSA) is 50.5 Å². The molecule has 2 aromatic carbocycles. The summed E-state index contributed by atoms with van der Waals surface area (Å²) in [5.41, 5.74) is 2.77. The largest absolute Gasteiger partial charge is 0.439 e. The summed E-state index contributed by atoms with van der Waals surface area (Å²) < 4.78 is 21.7. The molecule has 0 unspecified atom stereocenters. The van der Waals surface area contributed by atoms with Crippen LogP contribution in [0.15, 0.2) is 67.3 Å². The molecule has 33 heavy (non-hydrogen) atoms. The Morgan fingerprint density at radius 2 is 2.03 bits per heavy atom. The van der Waals surface area contributed by atoms with Crippen molar-refractivity contribution in [1.29, 1.82) is 0 Å². The number of aliphatic hydroxyl groups is 1. The molecule has 0 spiro atoms. The highest BCUT2D eigenvalue weighted by molar-refractivity contribution is 5.65. The first-order valence-corrected chi connectivity index (χ1v) is 11.6. The Kier molecular flexibility index (Phi) is 7.57. The van der Waals surface area contributed by atoms with E-state index in [2.05, 4.69) is 11.5 Å². The Morgan fingerprint density at radius 1 is 1.24 bits per heavy atom. The molecule has 1 atom stereocenters. The number of aryl methyl sites for hydroxylation is 1. The first kappa shape index (κ1) is 23.2. The van der Waals surface area contributed by atoms with Gasteiger partial charge < -0.3 is 9.84 Å². The Bertz CT molecular complexity index is 1060. The fraction of sp³-hybridized carbons (Fsp3) is 0.370. The molecule has 1 saturated carbocycles. The molecule has 3 aromatic rings. The van der Waals surface area contributed by atoms with E-state index in [4.69, 9.17) is 9.84 Å². The average molecular weight is 450 g/mol. The van der Waals surface area contributed by atoms with E-state index in [1.807, 2.05) is 43.5 Å². The fourth-order valence-corrected chi connectivity index (χ4v) is 4.09. The van der Waals surface area contributed by atoms with Crippen LogP contribution in [0, 0.1) is 11.7 Å². The lowest BCUT2D eigenvalue weighted by Crippen LogP contribution is -2.33. The lowest BCUT2D eigenvalue weighted by molar-refractivity contribution is 0.0992. The molecular weight excluding hydrogens is 417 g/mol. The maximum atomic E-state index is 13.8. The van der Waals surface area contributed by atoms with Crippen molar-refractivity contribution < 1.29 is 14.2 Å². The van der Waals surface area contributed by atoms with Crippen LogP contribution in [0.2, 0.25) is 0 Å². The van der Waals surface area contributed by atoms with Crippen LogP contribution in [-0.2, 0) is 13.6 Å². The summed E-state index contributed by atoms with van der Waals surface area (Å²) in [7, 11) is 1.84. The van der Waals surface area contributed by atoms with Crippen molar-refractivity contribution in [3.05, 3.63) is 78.6 Å². The van der Waals surface area contributed by atoms with E-state index in [0.717, 1.165) is 29.8 Å². The Labute approximate surface area is 195 Å². The maximum Gasteiger partial charge on any atom is 0.222 e. The van der Waals surface area contributed by atoms with Gasteiger partial charge in [-0.3, -0.25) is 4.90 Å². The van der Waals surface area contributed by atoms with Crippen LogP contribution in [0.1, 0.15) is 31.2 Å². The van der Waals surface area contributed by atoms with Gasteiger partial charge in [0.05, 0.1) is 11.7 Å². The van der Waals surface area contributed by atoms with Gasteiger partial charge in [-0.2, -0.15) is 5.10 Å². The number of nitrogens with zero attached hydrogens (tertiary/aromatic N) is 3. The van der Waals surface area contributed by atoms with Gasteiger partial charge in [0.1, 0.15) is 17.3 Å². The van der Waals surface area contributed by atoms with E-state index in [1.54, 1.807) is 16.8 Å². The molecule has 1 fully saturated rings. The Morgan fingerprint density at radius 3 is 2.73 bits per heavy atom. The molecule has 1 aromatic heterocycles. The predicted molar refractivity (Wildman–Crippen MR) is 129 cm³/mol. The monoisotopic (exact) mass is 449 g/mol. The van der Waals surface area contributed by atoms with Crippen molar-refractivity contribution in [2.45, 2.75) is 38.3 Å². The molecule has 1 heterocycles. The lowest BCUT2D eigenvalue weighted by Gasteiger charge is -2.25. The van der Waals surface area contributed by atoms with Crippen LogP contribution in [0.25, 0.3) is 11.3 Å². The van der Waals surface area contributed by atoms with Gasteiger partial charge >= 0.3 is 0 Å². The maximum absolute atomic E-state index is 13.8. The minimum atomic E-state index is -0.425. The molecule has 6 heteroatoms. The minimum absolute atomic E-state index is 0.347. The van der Waals surface area contributed by atoms with Gasteiger partial charge in [0.2, 0.25) is 5.88 Å². The second-order valence-corrected chi connectivity index (χ2v) is 8.84. The minimum Gasteiger partial charge on any atom is -0.439 e. The number of aromatic nitrogens is 2. The molecule has 0 aliphatic heterocycles. The van der Waals surface area contributed by atoms with E-state index < -0.39 is 6.10 Å². The summed E-state index contributed by atoms with van der Waals surface area (Å²) in [6.45, 7) is 5.85. The highest BCUT2D eigenvalue weighted by Crippen LogP contribution is 2.36. The number of halogens is 1. The summed E-state index contributed by atoms with van der Waals surface area (Å²) in [6, 6.07) is 16.2. The van der Waals surface area contributed by atoms with E-state index in [0.29, 0.717) is 37.1 Å². The zero-order valence-electron chi connectivity index (χ0n) is 19.2. The molecule has 5 nitrogen and oxygen atoms in total. The van der Waals surface area contributed by atoms with Crippen molar-refractivity contribution in [3.8, 4) is 22.9 Å².